The number of anilines is 2. The SMILES string of the molecule is COc1cc2ncnc(Nc3ccc(OC4=CC=CNN4)cc3)c2cc1OC. The molecule has 8 nitrogen and oxygen atoms in total. The van der Waals surface area contributed by atoms with E-state index in [0.717, 1.165) is 16.6 Å². The molecule has 142 valence electrons. The number of fused-ring (bicyclic) bond motifs is 1. The fourth-order valence-electron chi connectivity index (χ4n) is 2.75. The Hall–Kier alpha value is -3.94. The van der Waals surface area contributed by atoms with E-state index in [-0.39, 0.29) is 0 Å². The Morgan fingerprint density at radius 1 is 0.964 bits per heavy atom. The van der Waals surface area contributed by atoms with E-state index in [1.54, 1.807) is 20.4 Å². The second-order valence-electron chi connectivity index (χ2n) is 5.86. The number of nitrogens with zero attached hydrogens (tertiary/aromatic N) is 2. The van der Waals surface area contributed by atoms with Gasteiger partial charge in [-0.1, -0.05) is 0 Å². The summed E-state index contributed by atoms with van der Waals surface area (Å²) in [5.74, 6) is 3.24. The molecule has 0 aliphatic carbocycles. The van der Waals surface area contributed by atoms with Crippen molar-refractivity contribution in [2.24, 2.45) is 0 Å². The molecule has 0 saturated carbocycles. The van der Waals surface area contributed by atoms with Crippen LogP contribution in [0.15, 0.2) is 67.0 Å². The Balaban J connectivity index is 1.57. The van der Waals surface area contributed by atoms with Gasteiger partial charge < -0.3 is 25.0 Å². The standard InChI is InChI=1S/C20H19N5O3/c1-26-17-10-15-16(11-18(17)27-2)21-12-22-20(15)24-13-5-7-14(8-6-13)28-19-4-3-9-23-25-19/h3-12,23,25H,1-2H3,(H,21,22,24). The van der Waals surface area contributed by atoms with E-state index in [4.69, 9.17) is 14.2 Å². The molecular formula is C20H19N5O3. The maximum absolute atomic E-state index is 5.74. The molecule has 1 aliphatic rings. The average Bonchev–Trinajstić information content (AvgIpc) is 2.75. The quantitative estimate of drug-likeness (QED) is 0.603. The van der Waals surface area contributed by atoms with Crippen molar-refractivity contribution < 1.29 is 14.2 Å². The highest BCUT2D eigenvalue weighted by Crippen LogP contribution is 2.34. The van der Waals surface area contributed by atoms with Gasteiger partial charge in [0.2, 0.25) is 5.88 Å². The topological polar surface area (TPSA) is 89.6 Å². The molecule has 0 saturated heterocycles. The predicted octanol–water partition coefficient (Wildman–Crippen LogP) is 3.23. The number of rotatable bonds is 6. The smallest absolute Gasteiger partial charge is 0.211 e. The first-order valence-electron chi connectivity index (χ1n) is 8.57. The van der Waals surface area contributed by atoms with E-state index >= 15 is 0 Å². The molecule has 0 radical (unpaired) electrons. The van der Waals surface area contributed by atoms with Gasteiger partial charge in [0.1, 0.15) is 17.9 Å². The van der Waals surface area contributed by atoms with Gasteiger partial charge in [0, 0.05) is 29.4 Å². The number of hydrazine groups is 1. The third kappa shape index (κ3) is 3.61. The molecule has 8 heteroatoms. The fraction of sp³-hybridized carbons (Fsp3) is 0.100. The number of allylic oxidation sites excluding steroid dienone is 2. The lowest BCUT2D eigenvalue weighted by Gasteiger charge is -2.15. The summed E-state index contributed by atoms with van der Waals surface area (Å²) in [7, 11) is 3.19. The number of nitrogens with one attached hydrogen (secondary N) is 3. The predicted molar refractivity (Wildman–Crippen MR) is 106 cm³/mol. The van der Waals surface area contributed by atoms with Gasteiger partial charge in [-0.15, -0.1) is 0 Å². The Bertz CT molecular complexity index is 1050. The Morgan fingerprint density at radius 2 is 1.75 bits per heavy atom. The van der Waals surface area contributed by atoms with Crippen LogP contribution in [0.2, 0.25) is 0 Å². The molecule has 2 heterocycles. The van der Waals surface area contributed by atoms with Crippen molar-refractivity contribution in [1.29, 1.82) is 0 Å². The molecule has 4 rings (SSSR count). The van der Waals surface area contributed by atoms with Crippen LogP contribution in [0, 0.1) is 0 Å². The van der Waals surface area contributed by atoms with E-state index in [0.29, 0.717) is 28.9 Å². The summed E-state index contributed by atoms with van der Waals surface area (Å²) in [5, 5.41) is 4.14. The number of benzene rings is 2. The molecular weight excluding hydrogens is 358 g/mol. The maximum atomic E-state index is 5.74. The molecule has 1 aliphatic heterocycles. The molecule has 0 bridgehead atoms. The van der Waals surface area contributed by atoms with Gasteiger partial charge in [-0.25, -0.2) is 9.97 Å². The molecule has 0 unspecified atom stereocenters. The summed E-state index contributed by atoms with van der Waals surface area (Å²) in [6.07, 6.45) is 6.97. The highest BCUT2D eigenvalue weighted by molar-refractivity contribution is 5.93. The fourth-order valence-corrected chi connectivity index (χ4v) is 2.75. The molecule has 1 aromatic heterocycles. The minimum Gasteiger partial charge on any atom is -0.493 e. The minimum atomic E-state index is 0.617. The van der Waals surface area contributed by atoms with Crippen LogP contribution in [0.25, 0.3) is 10.9 Å². The van der Waals surface area contributed by atoms with Gasteiger partial charge >= 0.3 is 0 Å². The normalized spacial score (nSPS) is 12.6. The van der Waals surface area contributed by atoms with Crippen LogP contribution in [0.4, 0.5) is 11.5 Å². The largest absolute Gasteiger partial charge is 0.493 e. The van der Waals surface area contributed by atoms with Gasteiger partial charge in [0.25, 0.3) is 0 Å². The van der Waals surface area contributed by atoms with Gasteiger partial charge in [0.15, 0.2) is 11.5 Å². The minimum absolute atomic E-state index is 0.617. The number of methoxy groups -OCH3 is 2. The maximum Gasteiger partial charge on any atom is 0.211 e. The lowest BCUT2D eigenvalue weighted by molar-refractivity contribution is 0.356. The van der Waals surface area contributed by atoms with Crippen LogP contribution >= 0.6 is 0 Å². The first-order chi connectivity index (χ1) is 13.8. The van der Waals surface area contributed by atoms with Crippen LogP contribution in [0.1, 0.15) is 0 Å². The lowest BCUT2D eigenvalue weighted by Crippen LogP contribution is -2.30. The zero-order valence-electron chi connectivity index (χ0n) is 15.4. The summed E-state index contributed by atoms with van der Waals surface area (Å²) in [5.41, 5.74) is 7.40. The van der Waals surface area contributed by atoms with Crippen molar-refractivity contribution in [3.8, 4) is 17.2 Å². The molecule has 3 aromatic rings. The van der Waals surface area contributed by atoms with E-state index in [9.17, 15) is 0 Å². The highest BCUT2D eigenvalue weighted by Gasteiger charge is 2.11. The van der Waals surface area contributed by atoms with E-state index in [2.05, 4.69) is 26.1 Å². The molecule has 0 fully saturated rings. The number of hydrogen-bond acceptors (Lipinski definition) is 8. The zero-order chi connectivity index (χ0) is 19.3. The van der Waals surface area contributed by atoms with Crippen molar-refractivity contribution in [3.63, 3.8) is 0 Å². The third-order valence-corrected chi connectivity index (χ3v) is 4.11. The van der Waals surface area contributed by atoms with E-state index < -0.39 is 0 Å². The summed E-state index contributed by atoms with van der Waals surface area (Å²) >= 11 is 0. The number of hydrogen-bond donors (Lipinski definition) is 3. The van der Waals surface area contributed by atoms with Crippen molar-refractivity contribution in [1.82, 2.24) is 20.8 Å². The molecule has 2 aromatic carbocycles. The summed E-state index contributed by atoms with van der Waals surface area (Å²) in [6, 6.07) is 11.3. The van der Waals surface area contributed by atoms with Crippen LogP contribution in [-0.2, 0) is 0 Å². The van der Waals surface area contributed by atoms with Crippen LogP contribution in [0.5, 0.6) is 17.2 Å². The first-order valence-corrected chi connectivity index (χ1v) is 8.57. The highest BCUT2D eigenvalue weighted by atomic mass is 16.5. The van der Waals surface area contributed by atoms with Crippen molar-refractivity contribution >= 4 is 22.4 Å². The van der Waals surface area contributed by atoms with Gasteiger partial charge in [-0.3, -0.25) is 5.43 Å². The molecule has 28 heavy (non-hydrogen) atoms. The second kappa shape index (κ2) is 7.75. The Kier molecular flexibility index (Phi) is 4.83. The van der Waals surface area contributed by atoms with Crippen molar-refractivity contribution in [2.75, 3.05) is 19.5 Å². The van der Waals surface area contributed by atoms with Crippen molar-refractivity contribution in [3.05, 3.63) is 67.0 Å². The Morgan fingerprint density at radius 3 is 2.46 bits per heavy atom. The van der Waals surface area contributed by atoms with Crippen LogP contribution in [-0.4, -0.2) is 24.2 Å². The number of ether oxygens (including phenoxy) is 3. The molecule has 3 N–H and O–H groups in total. The second-order valence-corrected chi connectivity index (χ2v) is 5.86. The molecule has 0 spiro atoms. The Labute approximate surface area is 161 Å². The summed E-state index contributed by atoms with van der Waals surface area (Å²) in [4.78, 5) is 8.68. The van der Waals surface area contributed by atoms with E-state index in [1.165, 1.54) is 6.33 Å². The summed E-state index contributed by atoms with van der Waals surface area (Å²) in [6.45, 7) is 0. The third-order valence-electron chi connectivity index (χ3n) is 4.11. The van der Waals surface area contributed by atoms with Gasteiger partial charge in [-0.2, -0.15) is 0 Å². The summed E-state index contributed by atoms with van der Waals surface area (Å²) < 4.78 is 16.5. The lowest BCUT2D eigenvalue weighted by atomic mass is 10.2. The van der Waals surface area contributed by atoms with E-state index in [1.807, 2.05) is 48.6 Å². The zero-order valence-corrected chi connectivity index (χ0v) is 15.4. The average molecular weight is 377 g/mol. The molecule has 0 amide bonds. The van der Waals surface area contributed by atoms with Crippen LogP contribution in [0.3, 0.4) is 0 Å². The van der Waals surface area contributed by atoms with Gasteiger partial charge in [0.05, 0.1) is 19.7 Å². The first kappa shape index (κ1) is 17.5. The monoisotopic (exact) mass is 377 g/mol. The van der Waals surface area contributed by atoms with Gasteiger partial charge in [-0.05, 0) is 36.4 Å². The molecule has 0 atom stereocenters. The van der Waals surface area contributed by atoms with Crippen LogP contribution < -0.4 is 30.4 Å². The van der Waals surface area contributed by atoms with Crippen molar-refractivity contribution in [2.45, 2.75) is 0 Å². The number of aromatic nitrogens is 2.